The SMILES string of the molecule is Cc1nc2c(F)cc(-c3ncc4cc(N5CCNCC5)ccc4n3)cn2n1. The van der Waals surface area contributed by atoms with Gasteiger partial charge in [0.2, 0.25) is 0 Å². The third kappa shape index (κ3) is 2.87. The number of halogens is 1. The van der Waals surface area contributed by atoms with E-state index in [1.165, 1.54) is 16.3 Å². The van der Waals surface area contributed by atoms with Gasteiger partial charge in [0.15, 0.2) is 17.3 Å². The second-order valence-electron chi connectivity index (χ2n) is 6.68. The minimum Gasteiger partial charge on any atom is -0.369 e. The van der Waals surface area contributed by atoms with Crippen molar-refractivity contribution < 1.29 is 4.39 Å². The van der Waals surface area contributed by atoms with Gasteiger partial charge in [-0.05, 0) is 31.2 Å². The largest absolute Gasteiger partial charge is 0.369 e. The number of hydrogen-bond donors (Lipinski definition) is 1. The lowest BCUT2D eigenvalue weighted by Gasteiger charge is -2.29. The van der Waals surface area contributed by atoms with E-state index in [2.05, 4.69) is 42.4 Å². The number of nitrogens with zero attached hydrogens (tertiary/aromatic N) is 6. The zero-order valence-corrected chi connectivity index (χ0v) is 14.9. The molecule has 0 spiro atoms. The Morgan fingerprint density at radius 3 is 2.81 bits per heavy atom. The lowest BCUT2D eigenvalue weighted by molar-refractivity contribution is 0.589. The van der Waals surface area contributed by atoms with Crippen LogP contribution in [0.2, 0.25) is 0 Å². The number of piperazine rings is 1. The van der Waals surface area contributed by atoms with Crippen LogP contribution < -0.4 is 10.2 Å². The molecule has 8 heteroatoms. The molecule has 3 aromatic heterocycles. The highest BCUT2D eigenvalue weighted by atomic mass is 19.1. The van der Waals surface area contributed by atoms with Crippen molar-refractivity contribution in [3.63, 3.8) is 0 Å². The van der Waals surface area contributed by atoms with Crippen LogP contribution >= 0.6 is 0 Å². The predicted molar refractivity (Wildman–Crippen MR) is 101 cm³/mol. The van der Waals surface area contributed by atoms with Gasteiger partial charge in [0.05, 0.1) is 5.52 Å². The Labute approximate surface area is 154 Å². The molecule has 1 aromatic carbocycles. The van der Waals surface area contributed by atoms with Crippen LogP contribution in [0.4, 0.5) is 10.1 Å². The summed E-state index contributed by atoms with van der Waals surface area (Å²) >= 11 is 0. The van der Waals surface area contributed by atoms with Crippen molar-refractivity contribution in [1.29, 1.82) is 0 Å². The minimum atomic E-state index is -0.439. The topological polar surface area (TPSA) is 71.2 Å². The van der Waals surface area contributed by atoms with Crippen molar-refractivity contribution in [2.24, 2.45) is 0 Å². The summed E-state index contributed by atoms with van der Waals surface area (Å²) in [5.74, 6) is 0.545. The number of hydrogen-bond acceptors (Lipinski definition) is 6. The fourth-order valence-electron chi connectivity index (χ4n) is 3.45. The summed E-state index contributed by atoms with van der Waals surface area (Å²) < 4.78 is 15.8. The van der Waals surface area contributed by atoms with Crippen LogP contribution in [0.15, 0.2) is 36.7 Å². The van der Waals surface area contributed by atoms with Gasteiger partial charge < -0.3 is 10.2 Å². The highest BCUT2D eigenvalue weighted by molar-refractivity contribution is 5.83. The monoisotopic (exact) mass is 363 g/mol. The first-order chi connectivity index (χ1) is 13.2. The Kier molecular flexibility index (Phi) is 3.71. The highest BCUT2D eigenvalue weighted by Crippen LogP contribution is 2.24. The number of pyridine rings is 1. The molecule has 1 saturated heterocycles. The van der Waals surface area contributed by atoms with Gasteiger partial charge in [0.1, 0.15) is 5.82 Å². The van der Waals surface area contributed by atoms with E-state index in [4.69, 9.17) is 0 Å². The zero-order chi connectivity index (χ0) is 18.4. The Hall–Kier alpha value is -3.13. The molecule has 0 amide bonds. The molecule has 1 aliphatic heterocycles. The molecule has 0 radical (unpaired) electrons. The molecule has 1 aliphatic rings. The fourth-order valence-corrected chi connectivity index (χ4v) is 3.45. The van der Waals surface area contributed by atoms with E-state index in [-0.39, 0.29) is 5.65 Å². The van der Waals surface area contributed by atoms with Crippen LogP contribution in [0.5, 0.6) is 0 Å². The number of anilines is 1. The maximum atomic E-state index is 14.3. The van der Waals surface area contributed by atoms with E-state index in [0.717, 1.165) is 37.1 Å². The summed E-state index contributed by atoms with van der Waals surface area (Å²) in [6.07, 6.45) is 3.49. The Bertz CT molecular complexity index is 1150. The summed E-state index contributed by atoms with van der Waals surface area (Å²) in [5.41, 5.74) is 2.77. The molecular weight excluding hydrogens is 345 g/mol. The summed E-state index contributed by atoms with van der Waals surface area (Å²) in [6, 6.07) is 7.58. The Morgan fingerprint density at radius 1 is 1.11 bits per heavy atom. The van der Waals surface area contributed by atoms with E-state index in [0.29, 0.717) is 17.2 Å². The van der Waals surface area contributed by atoms with Gasteiger partial charge in [-0.3, -0.25) is 0 Å². The average molecular weight is 363 g/mol. The van der Waals surface area contributed by atoms with E-state index in [1.807, 2.05) is 6.07 Å². The molecular formula is C19H18FN7. The third-order valence-corrected chi connectivity index (χ3v) is 4.80. The van der Waals surface area contributed by atoms with Crippen molar-refractivity contribution in [2.75, 3.05) is 31.1 Å². The molecule has 4 heterocycles. The number of fused-ring (bicyclic) bond motifs is 2. The van der Waals surface area contributed by atoms with Gasteiger partial charge in [0, 0.05) is 55.2 Å². The first-order valence-corrected chi connectivity index (χ1v) is 8.93. The molecule has 1 N–H and O–H groups in total. The van der Waals surface area contributed by atoms with Crippen LogP contribution in [0.3, 0.4) is 0 Å². The Balaban J connectivity index is 1.54. The molecule has 0 unspecified atom stereocenters. The molecule has 7 nitrogen and oxygen atoms in total. The predicted octanol–water partition coefficient (Wildman–Crippen LogP) is 2.20. The highest BCUT2D eigenvalue weighted by Gasteiger charge is 2.13. The van der Waals surface area contributed by atoms with E-state index in [1.54, 1.807) is 19.3 Å². The van der Waals surface area contributed by atoms with Gasteiger partial charge >= 0.3 is 0 Å². The first-order valence-electron chi connectivity index (χ1n) is 8.93. The number of benzene rings is 1. The fraction of sp³-hybridized carbons (Fsp3) is 0.263. The van der Waals surface area contributed by atoms with Gasteiger partial charge in [0.25, 0.3) is 0 Å². The second-order valence-corrected chi connectivity index (χ2v) is 6.68. The van der Waals surface area contributed by atoms with E-state index in [9.17, 15) is 4.39 Å². The summed E-state index contributed by atoms with van der Waals surface area (Å²) in [5, 5.41) is 8.51. The van der Waals surface area contributed by atoms with Crippen molar-refractivity contribution in [1.82, 2.24) is 29.9 Å². The van der Waals surface area contributed by atoms with E-state index >= 15 is 0 Å². The maximum absolute atomic E-state index is 14.3. The quantitative estimate of drug-likeness (QED) is 0.589. The van der Waals surface area contributed by atoms with Gasteiger partial charge in [-0.15, -0.1) is 0 Å². The smallest absolute Gasteiger partial charge is 0.191 e. The van der Waals surface area contributed by atoms with Crippen molar-refractivity contribution in [3.05, 3.63) is 48.3 Å². The molecule has 0 bridgehead atoms. The van der Waals surface area contributed by atoms with Crippen molar-refractivity contribution >= 4 is 22.2 Å². The number of aromatic nitrogens is 5. The normalized spacial score (nSPS) is 15.0. The van der Waals surface area contributed by atoms with Crippen molar-refractivity contribution in [3.8, 4) is 11.4 Å². The van der Waals surface area contributed by atoms with E-state index < -0.39 is 5.82 Å². The molecule has 5 rings (SSSR count). The second kappa shape index (κ2) is 6.24. The van der Waals surface area contributed by atoms with Crippen molar-refractivity contribution in [2.45, 2.75) is 6.92 Å². The summed E-state index contributed by atoms with van der Waals surface area (Å²) in [6.45, 7) is 5.68. The minimum absolute atomic E-state index is 0.206. The van der Waals surface area contributed by atoms with Gasteiger partial charge in [-0.25, -0.2) is 23.9 Å². The van der Waals surface area contributed by atoms with Gasteiger partial charge in [-0.2, -0.15) is 5.10 Å². The standard InChI is InChI=1S/C19H18FN7/c1-12-23-19-16(20)9-14(11-27(19)25-12)18-22-10-13-8-15(2-3-17(13)24-18)26-6-4-21-5-7-26/h2-3,8-11,21H,4-7H2,1H3. The number of rotatable bonds is 2. The summed E-state index contributed by atoms with van der Waals surface area (Å²) in [7, 11) is 0. The molecule has 0 saturated carbocycles. The zero-order valence-electron chi connectivity index (χ0n) is 14.9. The molecule has 0 atom stereocenters. The molecule has 1 fully saturated rings. The summed E-state index contributed by atoms with van der Waals surface area (Å²) in [4.78, 5) is 15.5. The number of aryl methyl sites for hydroxylation is 1. The lowest BCUT2D eigenvalue weighted by Crippen LogP contribution is -2.43. The maximum Gasteiger partial charge on any atom is 0.191 e. The van der Waals surface area contributed by atoms with Crippen LogP contribution in [0.1, 0.15) is 5.82 Å². The van der Waals surface area contributed by atoms with Crippen LogP contribution in [0, 0.1) is 12.7 Å². The third-order valence-electron chi connectivity index (χ3n) is 4.80. The molecule has 27 heavy (non-hydrogen) atoms. The lowest BCUT2D eigenvalue weighted by atomic mass is 10.2. The first kappa shape index (κ1) is 16.1. The Morgan fingerprint density at radius 2 is 1.96 bits per heavy atom. The molecule has 136 valence electrons. The van der Waals surface area contributed by atoms with Crippen LogP contribution in [-0.4, -0.2) is 50.7 Å². The van der Waals surface area contributed by atoms with Gasteiger partial charge in [-0.1, -0.05) is 0 Å². The average Bonchev–Trinajstić information content (AvgIpc) is 3.09. The van der Waals surface area contributed by atoms with Crippen LogP contribution in [0.25, 0.3) is 27.9 Å². The molecule has 4 aromatic rings. The molecule has 0 aliphatic carbocycles. The van der Waals surface area contributed by atoms with Crippen LogP contribution in [-0.2, 0) is 0 Å². The number of nitrogens with one attached hydrogen (secondary N) is 1.